The number of fused-ring (bicyclic) bond motifs is 1. The van der Waals surface area contributed by atoms with E-state index in [9.17, 15) is 9.59 Å². The van der Waals surface area contributed by atoms with Crippen molar-refractivity contribution >= 4 is 34.3 Å². The number of nitrogens with zero attached hydrogens (tertiary/aromatic N) is 5. The summed E-state index contributed by atoms with van der Waals surface area (Å²) in [6.07, 6.45) is 8.96. The standard InChI is InChI=1S/C24H20ClN5O3/c1-15-9-20(29-8-7-26-14-29)17-3-2-4-21(24(17)28-15)33-13-18-16(10-27-11-19(18)25)12-30-22(31)5-6-23(30)32/h2-4,7-11,14H,5-6,12-13H2,1H3. The van der Waals surface area contributed by atoms with Gasteiger partial charge >= 0.3 is 0 Å². The second-order valence-corrected chi connectivity index (χ2v) is 8.23. The topological polar surface area (TPSA) is 90.2 Å². The number of amides is 2. The molecule has 4 aromatic rings. The lowest BCUT2D eigenvalue weighted by Crippen LogP contribution is -2.29. The van der Waals surface area contributed by atoms with Crippen LogP contribution < -0.4 is 4.74 Å². The van der Waals surface area contributed by atoms with Crippen molar-refractivity contribution < 1.29 is 14.3 Å². The molecule has 1 aliphatic heterocycles. The Bertz CT molecular complexity index is 1350. The highest BCUT2D eigenvalue weighted by molar-refractivity contribution is 6.31. The Hall–Kier alpha value is -3.78. The second-order valence-electron chi connectivity index (χ2n) is 7.83. The van der Waals surface area contributed by atoms with Gasteiger partial charge in [0.05, 0.1) is 23.6 Å². The summed E-state index contributed by atoms with van der Waals surface area (Å²) in [5.74, 6) is 0.227. The number of ether oxygens (including phenoxy) is 1. The molecular formula is C24H20ClN5O3. The van der Waals surface area contributed by atoms with E-state index in [0.717, 1.165) is 22.3 Å². The van der Waals surface area contributed by atoms with E-state index in [-0.39, 0.29) is 37.8 Å². The summed E-state index contributed by atoms with van der Waals surface area (Å²) in [7, 11) is 0. The summed E-state index contributed by atoms with van der Waals surface area (Å²) in [5.41, 5.74) is 3.87. The Labute approximate surface area is 194 Å². The fourth-order valence-corrected chi connectivity index (χ4v) is 4.21. The molecule has 8 nitrogen and oxygen atoms in total. The number of aromatic nitrogens is 4. The maximum absolute atomic E-state index is 12.1. The molecule has 1 fully saturated rings. The average Bonchev–Trinajstić information content (AvgIpc) is 3.44. The number of imide groups is 1. The number of carbonyl (C=O) groups excluding carboxylic acids is 2. The third-order valence-corrected chi connectivity index (χ3v) is 5.97. The summed E-state index contributed by atoms with van der Waals surface area (Å²) < 4.78 is 8.12. The molecule has 4 heterocycles. The van der Waals surface area contributed by atoms with Gasteiger partial charge in [0.1, 0.15) is 17.9 Å². The van der Waals surface area contributed by atoms with Gasteiger partial charge in [-0.05, 0) is 24.6 Å². The maximum Gasteiger partial charge on any atom is 0.229 e. The minimum atomic E-state index is -0.187. The van der Waals surface area contributed by atoms with Crippen LogP contribution >= 0.6 is 11.6 Å². The van der Waals surface area contributed by atoms with Gasteiger partial charge < -0.3 is 9.30 Å². The van der Waals surface area contributed by atoms with Crippen molar-refractivity contribution in [3.05, 3.63) is 77.2 Å². The Morgan fingerprint density at radius 3 is 2.70 bits per heavy atom. The lowest BCUT2D eigenvalue weighted by atomic mass is 10.1. The molecule has 1 aromatic carbocycles. The van der Waals surface area contributed by atoms with Crippen molar-refractivity contribution in [2.45, 2.75) is 32.9 Å². The first-order valence-corrected chi connectivity index (χ1v) is 10.8. The van der Waals surface area contributed by atoms with E-state index >= 15 is 0 Å². The number of imidazole rings is 1. The summed E-state index contributed by atoms with van der Waals surface area (Å²) >= 11 is 6.43. The lowest BCUT2D eigenvalue weighted by Gasteiger charge is -2.18. The van der Waals surface area contributed by atoms with Crippen LogP contribution in [0.1, 0.15) is 29.7 Å². The molecule has 0 atom stereocenters. The lowest BCUT2D eigenvalue weighted by molar-refractivity contribution is -0.139. The average molecular weight is 462 g/mol. The zero-order valence-corrected chi connectivity index (χ0v) is 18.6. The van der Waals surface area contributed by atoms with Crippen molar-refractivity contribution in [3.8, 4) is 11.4 Å². The smallest absolute Gasteiger partial charge is 0.229 e. The van der Waals surface area contributed by atoms with Crippen LogP contribution in [0.4, 0.5) is 0 Å². The highest BCUT2D eigenvalue weighted by Gasteiger charge is 2.29. The van der Waals surface area contributed by atoms with E-state index in [2.05, 4.69) is 9.97 Å². The monoisotopic (exact) mass is 461 g/mol. The largest absolute Gasteiger partial charge is 0.487 e. The van der Waals surface area contributed by atoms with Gasteiger partial charge in [-0.15, -0.1) is 0 Å². The van der Waals surface area contributed by atoms with Crippen LogP contribution in [-0.4, -0.2) is 36.2 Å². The number of likely N-dealkylation sites (tertiary alicyclic amines) is 1. The number of para-hydroxylation sites is 1. The third-order valence-electron chi connectivity index (χ3n) is 5.64. The van der Waals surface area contributed by atoms with E-state index in [0.29, 0.717) is 21.9 Å². The Kier molecular flexibility index (Phi) is 5.51. The van der Waals surface area contributed by atoms with E-state index in [1.54, 1.807) is 18.7 Å². The molecule has 0 aliphatic carbocycles. The molecule has 9 heteroatoms. The summed E-state index contributed by atoms with van der Waals surface area (Å²) in [6, 6.07) is 7.75. The molecule has 1 saturated heterocycles. The molecule has 0 radical (unpaired) electrons. The Morgan fingerprint density at radius 2 is 1.94 bits per heavy atom. The van der Waals surface area contributed by atoms with Crippen LogP contribution in [0.3, 0.4) is 0 Å². The SMILES string of the molecule is Cc1cc(-n2ccnc2)c2cccc(OCc3c(Cl)cncc3CN3C(=O)CCC3=O)c2n1. The minimum absolute atomic E-state index is 0.127. The summed E-state index contributed by atoms with van der Waals surface area (Å²) in [6.45, 7) is 2.20. The first-order chi connectivity index (χ1) is 16.0. The summed E-state index contributed by atoms with van der Waals surface area (Å²) in [5, 5.41) is 1.33. The van der Waals surface area contributed by atoms with E-state index < -0.39 is 0 Å². The van der Waals surface area contributed by atoms with Crippen molar-refractivity contribution in [1.82, 2.24) is 24.4 Å². The van der Waals surface area contributed by atoms with Gasteiger partial charge in [0.2, 0.25) is 11.8 Å². The molecule has 3 aromatic heterocycles. The van der Waals surface area contributed by atoms with Crippen LogP contribution in [0.25, 0.3) is 16.6 Å². The minimum Gasteiger partial charge on any atom is -0.487 e. The zero-order valence-electron chi connectivity index (χ0n) is 17.9. The van der Waals surface area contributed by atoms with Gasteiger partial charge in [0, 0.05) is 54.3 Å². The molecular weight excluding hydrogens is 442 g/mol. The van der Waals surface area contributed by atoms with Crippen molar-refractivity contribution in [2.24, 2.45) is 0 Å². The van der Waals surface area contributed by atoms with Crippen molar-refractivity contribution in [2.75, 3.05) is 0 Å². The number of halogens is 1. The van der Waals surface area contributed by atoms with Gasteiger partial charge in [-0.1, -0.05) is 23.7 Å². The molecule has 5 rings (SSSR count). The van der Waals surface area contributed by atoms with E-state index in [4.69, 9.17) is 21.3 Å². The van der Waals surface area contributed by atoms with E-state index in [1.165, 1.54) is 11.1 Å². The predicted molar refractivity (Wildman–Crippen MR) is 122 cm³/mol. The fourth-order valence-electron chi connectivity index (χ4n) is 3.98. The van der Waals surface area contributed by atoms with Crippen molar-refractivity contribution in [3.63, 3.8) is 0 Å². The van der Waals surface area contributed by atoms with Gasteiger partial charge in [-0.25, -0.2) is 9.97 Å². The highest BCUT2D eigenvalue weighted by atomic mass is 35.5. The van der Waals surface area contributed by atoms with Crippen LogP contribution in [0.15, 0.2) is 55.4 Å². The molecule has 0 bridgehead atoms. The van der Waals surface area contributed by atoms with Crippen LogP contribution in [0.5, 0.6) is 5.75 Å². The Morgan fingerprint density at radius 1 is 1.12 bits per heavy atom. The molecule has 0 unspecified atom stereocenters. The molecule has 0 spiro atoms. The molecule has 2 amide bonds. The van der Waals surface area contributed by atoms with Gasteiger partial charge in [-0.2, -0.15) is 0 Å². The number of aryl methyl sites for hydroxylation is 1. The zero-order chi connectivity index (χ0) is 22.9. The fraction of sp³-hybridized carbons (Fsp3) is 0.208. The van der Waals surface area contributed by atoms with E-state index in [1.807, 2.05) is 42.0 Å². The van der Waals surface area contributed by atoms with Gasteiger partial charge in [0.15, 0.2) is 0 Å². The molecule has 0 N–H and O–H groups in total. The number of pyridine rings is 2. The first-order valence-electron chi connectivity index (χ1n) is 10.5. The number of benzene rings is 1. The molecule has 0 saturated carbocycles. The van der Waals surface area contributed by atoms with Crippen LogP contribution in [0.2, 0.25) is 5.02 Å². The molecule has 1 aliphatic rings. The Balaban J connectivity index is 1.48. The highest BCUT2D eigenvalue weighted by Crippen LogP contribution is 2.31. The number of hydrogen-bond donors (Lipinski definition) is 0. The number of hydrogen-bond acceptors (Lipinski definition) is 6. The van der Waals surface area contributed by atoms with Crippen LogP contribution in [-0.2, 0) is 22.7 Å². The third kappa shape index (κ3) is 4.05. The second kappa shape index (κ2) is 8.63. The normalized spacial score (nSPS) is 13.8. The van der Waals surface area contributed by atoms with Crippen molar-refractivity contribution in [1.29, 1.82) is 0 Å². The maximum atomic E-state index is 12.1. The van der Waals surface area contributed by atoms with Gasteiger partial charge in [-0.3, -0.25) is 19.5 Å². The predicted octanol–water partition coefficient (Wildman–Crippen LogP) is 4.01. The quantitative estimate of drug-likeness (QED) is 0.403. The summed E-state index contributed by atoms with van der Waals surface area (Å²) in [4.78, 5) is 38.4. The van der Waals surface area contributed by atoms with Gasteiger partial charge in [0.25, 0.3) is 0 Å². The number of rotatable bonds is 6. The first kappa shape index (κ1) is 21.1. The molecule has 166 valence electrons. The molecule has 33 heavy (non-hydrogen) atoms. The van der Waals surface area contributed by atoms with Crippen LogP contribution in [0, 0.1) is 6.92 Å². The number of carbonyl (C=O) groups is 2.